The van der Waals surface area contributed by atoms with Crippen LogP contribution in [-0.4, -0.2) is 25.7 Å². The van der Waals surface area contributed by atoms with Crippen LogP contribution in [0.1, 0.15) is 28.8 Å². The van der Waals surface area contributed by atoms with Crippen molar-refractivity contribution in [2.75, 3.05) is 0 Å². The molecule has 1 N–H and O–H groups in total. The summed E-state index contributed by atoms with van der Waals surface area (Å²) in [4.78, 5) is 15.3. The Hall–Kier alpha value is -1.91. The van der Waals surface area contributed by atoms with E-state index in [1.165, 1.54) is 4.52 Å². The van der Waals surface area contributed by atoms with Crippen molar-refractivity contribution in [2.45, 2.75) is 20.3 Å². The van der Waals surface area contributed by atoms with Crippen molar-refractivity contribution in [1.82, 2.24) is 14.6 Å². The molecule has 2 aromatic heterocycles. The van der Waals surface area contributed by atoms with Crippen molar-refractivity contribution in [3.63, 3.8) is 0 Å². The van der Waals surface area contributed by atoms with Gasteiger partial charge >= 0.3 is 5.97 Å². The third-order valence-corrected chi connectivity index (χ3v) is 2.18. The summed E-state index contributed by atoms with van der Waals surface area (Å²) >= 11 is 0. The normalized spacial score (nSPS) is 10.8. The monoisotopic (exact) mass is 205 g/mol. The minimum Gasteiger partial charge on any atom is -0.477 e. The van der Waals surface area contributed by atoms with Crippen LogP contribution in [0.5, 0.6) is 0 Å². The van der Waals surface area contributed by atoms with E-state index in [-0.39, 0.29) is 5.69 Å². The zero-order chi connectivity index (χ0) is 11.0. The van der Waals surface area contributed by atoms with Gasteiger partial charge < -0.3 is 5.11 Å². The molecule has 0 aliphatic carbocycles. The molecule has 0 saturated carbocycles. The number of fused-ring (bicyclic) bond motifs is 1. The molecule has 0 bridgehead atoms. The highest BCUT2D eigenvalue weighted by Crippen LogP contribution is 2.10. The zero-order valence-electron chi connectivity index (χ0n) is 8.56. The number of rotatable bonds is 2. The van der Waals surface area contributed by atoms with Gasteiger partial charge in [-0.3, -0.25) is 0 Å². The number of carboxylic acid groups (broad SMARTS) is 1. The summed E-state index contributed by atoms with van der Waals surface area (Å²) in [6.45, 7) is 3.75. The molecule has 0 amide bonds. The van der Waals surface area contributed by atoms with Crippen LogP contribution in [-0.2, 0) is 6.42 Å². The van der Waals surface area contributed by atoms with Gasteiger partial charge in [-0.2, -0.15) is 5.10 Å². The van der Waals surface area contributed by atoms with Crippen LogP contribution in [0.15, 0.2) is 12.1 Å². The first kappa shape index (κ1) is 9.64. The number of carbonyl (C=O) groups is 1. The second-order valence-corrected chi connectivity index (χ2v) is 3.35. The van der Waals surface area contributed by atoms with E-state index >= 15 is 0 Å². The molecule has 2 aromatic rings. The molecule has 0 saturated heterocycles. The molecule has 0 aliphatic rings. The minimum atomic E-state index is -0.986. The molecule has 78 valence electrons. The Morgan fingerprint density at radius 2 is 2.27 bits per heavy atom. The fourth-order valence-electron chi connectivity index (χ4n) is 1.47. The van der Waals surface area contributed by atoms with Gasteiger partial charge in [0.05, 0.1) is 5.69 Å². The second-order valence-electron chi connectivity index (χ2n) is 3.35. The molecular formula is C10H11N3O2. The largest absolute Gasteiger partial charge is 0.477 e. The summed E-state index contributed by atoms with van der Waals surface area (Å²) in [5.74, 6) is -0.986. The average Bonchev–Trinajstić information content (AvgIpc) is 2.55. The molecule has 0 aromatic carbocycles. The molecule has 0 atom stereocenters. The first-order valence-electron chi connectivity index (χ1n) is 4.71. The highest BCUT2D eigenvalue weighted by molar-refractivity contribution is 5.86. The lowest BCUT2D eigenvalue weighted by Gasteiger charge is -2.02. The number of aromatic carboxylic acids is 1. The van der Waals surface area contributed by atoms with Crippen molar-refractivity contribution in [1.29, 1.82) is 0 Å². The third kappa shape index (κ3) is 1.56. The van der Waals surface area contributed by atoms with Crippen LogP contribution in [0.3, 0.4) is 0 Å². The molecule has 0 radical (unpaired) electrons. The highest BCUT2D eigenvalue weighted by Gasteiger charge is 2.12. The number of aromatic nitrogens is 3. The Morgan fingerprint density at radius 1 is 1.53 bits per heavy atom. The molecule has 15 heavy (non-hydrogen) atoms. The van der Waals surface area contributed by atoms with Gasteiger partial charge in [0.1, 0.15) is 0 Å². The summed E-state index contributed by atoms with van der Waals surface area (Å²) in [6.07, 6.45) is 0.709. The maximum atomic E-state index is 11.0. The molecule has 0 spiro atoms. The molecule has 0 aliphatic heterocycles. The topological polar surface area (TPSA) is 67.5 Å². The number of carboxylic acids is 1. The van der Waals surface area contributed by atoms with Crippen LogP contribution in [0.25, 0.3) is 5.65 Å². The van der Waals surface area contributed by atoms with E-state index in [9.17, 15) is 4.79 Å². The Morgan fingerprint density at radius 3 is 2.87 bits per heavy atom. The van der Waals surface area contributed by atoms with Crippen molar-refractivity contribution < 1.29 is 9.90 Å². The van der Waals surface area contributed by atoms with E-state index in [0.29, 0.717) is 12.1 Å². The number of hydrogen-bond donors (Lipinski definition) is 1. The summed E-state index contributed by atoms with van der Waals surface area (Å²) in [5, 5.41) is 13.1. The maximum absolute atomic E-state index is 11.0. The van der Waals surface area contributed by atoms with Gasteiger partial charge in [0.2, 0.25) is 0 Å². The van der Waals surface area contributed by atoms with Gasteiger partial charge in [0, 0.05) is 11.8 Å². The fourth-order valence-corrected chi connectivity index (χ4v) is 1.47. The second kappa shape index (κ2) is 3.34. The van der Waals surface area contributed by atoms with Crippen molar-refractivity contribution in [2.24, 2.45) is 0 Å². The van der Waals surface area contributed by atoms with Gasteiger partial charge in [-0.25, -0.2) is 14.3 Å². The molecule has 0 fully saturated rings. The Balaban J connectivity index is 2.79. The predicted octanol–water partition coefficient (Wildman–Crippen LogP) is 1.30. The lowest BCUT2D eigenvalue weighted by molar-refractivity contribution is 0.0687. The van der Waals surface area contributed by atoms with Crippen LogP contribution >= 0.6 is 0 Å². The summed E-state index contributed by atoms with van der Waals surface area (Å²) < 4.78 is 1.36. The molecule has 5 nitrogen and oxygen atoms in total. The number of hydrogen-bond acceptors (Lipinski definition) is 3. The van der Waals surface area contributed by atoms with Gasteiger partial charge in [-0.15, -0.1) is 0 Å². The van der Waals surface area contributed by atoms with E-state index < -0.39 is 5.97 Å². The maximum Gasteiger partial charge on any atom is 0.354 e. The molecule has 5 heteroatoms. The quantitative estimate of drug-likeness (QED) is 0.802. The van der Waals surface area contributed by atoms with Gasteiger partial charge in [0.15, 0.2) is 11.3 Å². The minimum absolute atomic E-state index is 0.157. The van der Waals surface area contributed by atoms with Crippen molar-refractivity contribution in [3.8, 4) is 0 Å². The molecule has 2 rings (SSSR count). The van der Waals surface area contributed by atoms with E-state index in [0.717, 1.165) is 11.4 Å². The molecule has 0 unspecified atom stereocenters. The number of nitrogens with zero attached hydrogens (tertiary/aromatic N) is 3. The first-order valence-corrected chi connectivity index (χ1v) is 4.71. The standard InChI is InChI=1S/C10H11N3O2/c1-3-7-5-8(10(14)15)13-9(11-7)4-6(2)12-13/h4-5H,3H2,1-2H3,(H,14,15). The summed E-state index contributed by atoms with van der Waals surface area (Å²) in [5.41, 5.74) is 2.27. The third-order valence-electron chi connectivity index (χ3n) is 2.18. The molecular weight excluding hydrogens is 194 g/mol. The predicted molar refractivity (Wildman–Crippen MR) is 54.1 cm³/mol. The lowest BCUT2D eigenvalue weighted by atomic mass is 10.2. The fraction of sp³-hybridized carbons (Fsp3) is 0.300. The smallest absolute Gasteiger partial charge is 0.354 e. The Bertz CT molecular complexity index is 531. The van der Waals surface area contributed by atoms with Crippen LogP contribution in [0, 0.1) is 6.92 Å². The Labute approximate surface area is 86.4 Å². The average molecular weight is 205 g/mol. The van der Waals surface area contributed by atoms with Gasteiger partial charge in [0.25, 0.3) is 0 Å². The van der Waals surface area contributed by atoms with Crippen molar-refractivity contribution >= 4 is 11.6 Å². The zero-order valence-corrected chi connectivity index (χ0v) is 8.56. The van der Waals surface area contributed by atoms with Crippen LogP contribution < -0.4 is 0 Å². The Kier molecular flexibility index (Phi) is 2.15. The van der Waals surface area contributed by atoms with E-state index in [1.807, 2.05) is 13.8 Å². The lowest BCUT2D eigenvalue weighted by Crippen LogP contribution is -2.09. The summed E-state index contributed by atoms with van der Waals surface area (Å²) in [6, 6.07) is 3.33. The van der Waals surface area contributed by atoms with Gasteiger partial charge in [-0.05, 0) is 19.4 Å². The summed E-state index contributed by atoms with van der Waals surface area (Å²) in [7, 11) is 0. The van der Waals surface area contributed by atoms with Gasteiger partial charge in [-0.1, -0.05) is 6.92 Å². The highest BCUT2D eigenvalue weighted by atomic mass is 16.4. The van der Waals surface area contributed by atoms with E-state index in [1.54, 1.807) is 12.1 Å². The van der Waals surface area contributed by atoms with Crippen LogP contribution in [0.4, 0.5) is 0 Å². The van der Waals surface area contributed by atoms with Crippen LogP contribution in [0.2, 0.25) is 0 Å². The SMILES string of the molecule is CCc1cc(C(=O)O)n2nc(C)cc2n1. The van der Waals surface area contributed by atoms with E-state index in [2.05, 4.69) is 10.1 Å². The number of aryl methyl sites for hydroxylation is 2. The molecule has 2 heterocycles. The first-order chi connectivity index (χ1) is 7.11. The van der Waals surface area contributed by atoms with E-state index in [4.69, 9.17) is 5.11 Å². The van der Waals surface area contributed by atoms with Crippen molar-refractivity contribution in [3.05, 3.63) is 29.2 Å².